The molecule has 0 unspecified atom stereocenters. The normalized spacial score (nSPS) is 26.6. The molecule has 168 valence electrons. The summed E-state index contributed by atoms with van der Waals surface area (Å²) in [6, 6.07) is 10.4. The molecule has 3 aliphatic heterocycles. The van der Waals surface area contributed by atoms with E-state index in [0.29, 0.717) is 24.7 Å². The Labute approximate surface area is 193 Å². The molecule has 7 heteroatoms. The van der Waals surface area contributed by atoms with Crippen LogP contribution in [0.5, 0.6) is 0 Å². The zero-order chi connectivity index (χ0) is 22.5. The standard InChI is InChI=1S/C26H27FN6/c1-16-13-32(24-8-7-17(10-28)26-19(24)5-3-9-30-26)15-25-18-4-2-6-22(20(18)14-33(16)25)31-23-12-29-11-21(23)27/h2-3,5-9,16,21,23,29,31H,4,11-15H2,1H3/t16-,21-,23+/m1/s1. The van der Waals surface area contributed by atoms with Gasteiger partial charge in [-0.1, -0.05) is 6.08 Å². The van der Waals surface area contributed by atoms with E-state index in [9.17, 15) is 9.65 Å². The molecule has 2 saturated heterocycles. The van der Waals surface area contributed by atoms with Crippen LogP contribution >= 0.6 is 0 Å². The summed E-state index contributed by atoms with van der Waals surface area (Å²) in [5.41, 5.74) is 7.60. The van der Waals surface area contributed by atoms with Gasteiger partial charge in [0.25, 0.3) is 0 Å². The van der Waals surface area contributed by atoms with Crippen LogP contribution in [0, 0.1) is 11.3 Å². The Morgan fingerprint density at radius 3 is 2.94 bits per heavy atom. The van der Waals surface area contributed by atoms with Gasteiger partial charge in [-0.25, -0.2) is 4.39 Å². The summed E-state index contributed by atoms with van der Waals surface area (Å²) in [7, 11) is 0. The number of nitrogens with zero attached hydrogens (tertiary/aromatic N) is 4. The van der Waals surface area contributed by atoms with E-state index >= 15 is 0 Å². The first-order valence-corrected chi connectivity index (χ1v) is 11.7. The first-order valence-electron chi connectivity index (χ1n) is 11.7. The average molecular weight is 443 g/mol. The summed E-state index contributed by atoms with van der Waals surface area (Å²) in [5.74, 6) is 0. The highest BCUT2D eigenvalue weighted by Gasteiger charge is 2.38. The number of nitriles is 1. The van der Waals surface area contributed by atoms with Crippen molar-refractivity contribution in [2.45, 2.75) is 31.6 Å². The molecule has 2 N–H and O–H groups in total. The Morgan fingerprint density at radius 1 is 1.21 bits per heavy atom. The maximum Gasteiger partial charge on any atom is 0.134 e. The maximum atomic E-state index is 14.2. The summed E-state index contributed by atoms with van der Waals surface area (Å²) in [5, 5.41) is 17.2. The van der Waals surface area contributed by atoms with Crippen molar-refractivity contribution in [2.75, 3.05) is 37.6 Å². The van der Waals surface area contributed by atoms with Crippen LogP contribution in [0.2, 0.25) is 0 Å². The highest BCUT2D eigenvalue weighted by atomic mass is 19.1. The fourth-order valence-electron chi connectivity index (χ4n) is 5.69. The number of hydrogen-bond acceptors (Lipinski definition) is 6. The Hall–Kier alpha value is -3.37. The van der Waals surface area contributed by atoms with E-state index in [-0.39, 0.29) is 6.04 Å². The van der Waals surface area contributed by atoms with Gasteiger partial charge in [-0.2, -0.15) is 5.26 Å². The van der Waals surface area contributed by atoms with Crippen LogP contribution in [0.15, 0.2) is 65.2 Å². The second kappa shape index (κ2) is 7.89. The minimum atomic E-state index is -0.860. The van der Waals surface area contributed by atoms with Gasteiger partial charge in [0, 0.05) is 60.9 Å². The predicted octanol–water partition coefficient (Wildman–Crippen LogP) is 3.00. The molecule has 0 bridgehead atoms. The molecule has 1 aliphatic carbocycles. The number of aromatic nitrogens is 1. The average Bonchev–Trinajstić information content (AvgIpc) is 3.42. The van der Waals surface area contributed by atoms with Crippen LogP contribution in [-0.2, 0) is 0 Å². The van der Waals surface area contributed by atoms with Gasteiger partial charge in [0.2, 0.25) is 0 Å². The third kappa shape index (κ3) is 3.28. The summed E-state index contributed by atoms with van der Waals surface area (Å²) < 4.78 is 14.2. The monoisotopic (exact) mass is 442 g/mol. The van der Waals surface area contributed by atoms with Gasteiger partial charge in [-0.3, -0.25) is 4.98 Å². The molecule has 0 radical (unpaired) electrons. The molecule has 4 heterocycles. The number of halogens is 1. The number of pyridine rings is 1. The number of piperazine rings is 1. The third-order valence-electron chi connectivity index (χ3n) is 7.37. The molecule has 1 aromatic heterocycles. The molecule has 2 fully saturated rings. The van der Waals surface area contributed by atoms with Gasteiger partial charge in [-0.15, -0.1) is 0 Å². The Bertz CT molecular complexity index is 1260. The Kier molecular flexibility index (Phi) is 4.84. The van der Waals surface area contributed by atoms with Crippen molar-refractivity contribution in [1.82, 2.24) is 20.5 Å². The van der Waals surface area contributed by atoms with Crippen molar-refractivity contribution in [3.05, 3.63) is 70.7 Å². The second-order valence-electron chi connectivity index (χ2n) is 9.35. The SMILES string of the molecule is C[C@@H]1CN(c2ccc(C#N)c3ncccc23)CC2=C3CC=CC(N[C@H]4CNC[C@H]4F)=C3CN21. The van der Waals surface area contributed by atoms with E-state index in [4.69, 9.17) is 0 Å². The number of benzene rings is 1. The number of fused-ring (bicyclic) bond motifs is 3. The van der Waals surface area contributed by atoms with E-state index in [0.717, 1.165) is 48.3 Å². The van der Waals surface area contributed by atoms with Crippen molar-refractivity contribution < 1.29 is 4.39 Å². The van der Waals surface area contributed by atoms with Crippen LogP contribution in [0.3, 0.4) is 0 Å². The van der Waals surface area contributed by atoms with Crippen LogP contribution in [0.1, 0.15) is 18.9 Å². The fourth-order valence-corrected chi connectivity index (χ4v) is 5.69. The largest absolute Gasteiger partial charge is 0.378 e. The molecule has 0 amide bonds. The van der Waals surface area contributed by atoms with Gasteiger partial charge < -0.3 is 20.4 Å². The van der Waals surface area contributed by atoms with Gasteiger partial charge >= 0.3 is 0 Å². The summed E-state index contributed by atoms with van der Waals surface area (Å²) in [4.78, 5) is 9.42. The van der Waals surface area contributed by atoms with Crippen LogP contribution in [0.4, 0.5) is 10.1 Å². The lowest BCUT2D eigenvalue weighted by Gasteiger charge is -2.42. The molecule has 2 aromatic rings. The Morgan fingerprint density at radius 2 is 2.12 bits per heavy atom. The van der Waals surface area contributed by atoms with Crippen molar-refractivity contribution in [3.8, 4) is 6.07 Å². The minimum Gasteiger partial charge on any atom is -0.378 e. The second-order valence-corrected chi connectivity index (χ2v) is 9.35. The van der Waals surface area contributed by atoms with Gasteiger partial charge in [-0.05, 0) is 54.8 Å². The molecule has 4 aliphatic rings. The lowest BCUT2D eigenvalue weighted by Crippen LogP contribution is -2.49. The predicted molar refractivity (Wildman–Crippen MR) is 127 cm³/mol. The first kappa shape index (κ1) is 20.3. The zero-order valence-electron chi connectivity index (χ0n) is 18.7. The number of nitrogens with one attached hydrogen (secondary N) is 2. The van der Waals surface area contributed by atoms with Crippen molar-refractivity contribution in [1.29, 1.82) is 5.26 Å². The molecule has 0 spiro atoms. The van der Waals surface area contributed by atoms with E-state index in [2.05, 4.69) is 62.7 Å². The Balaban J connectivity index is 1.37. The van der Waals surface area contributed by atoms with Crippen molar-refractivity contribution in [3.63, 3.8) is 0 Å². The summed E-state index contributed by atoms with van der Waals surface area (Å²) >= 11 is 0. The molecular weight excluding hydrogens is 415 g/mol. The zero-order valence-corrected chi connectivity index (χ0v) is 18.7. The molecule has 0 saturated carbocycles. The summed E-state index contributed by atoms with van der Waals surface area (Å²) in [6.07, 6.45) is 6.12. The molecule has 6 rings (SSSR count). The number of hydrogen-bond donors (Lipinski definition) is 2. The van der Waals surface area contributed by atoms with Crippen LogP contribution in [-0.4, -0.2) is 60.9 Å². The molecular formula is C26H27FN6. The molecule has 6 nitrogen and oxygen atoms in total. The summed E-state index contributed by atoms with van der Waals surface area (Å²) in [6.45, 7) is 5.94. The van der Waals surface area contributed by atoms with Crippen molar-refractivity contribution >= 4 is 16.6 Å². The molecule has 1 aromatic carbocycles. The number of rotatable bonds is 3. The quantitative estimate of drug-likeness (QED) is 0.762. The van der Waals surface area contributed by atoms with Crippen LogP contribution in [0.25, 0.3) is 10.9 Å². The highest BCUT2D eigenvalue weighted by molar-refractivity contribution is 5.95. The topological polar surface area (TPSA) is 67.2 Å². The van der Waals surface area contributed by atoms with Crippen LogP contribution < -0.4 is 15.5 Å². The van der Waals surface area contributed by atoms with E-state index in [1.165, 1.54) is 16.8 Å². The fraction of sp³-hybridized carbons (Fsp3) is 0.385. The van der Waals surface area contributed by atoms with Gasteiger partial charge in [0.1, 0.15) is 12.2 Å². The van der Waals surface area contributed by atoms with E-state index in [1.54, 1.807) is 6.20 Å². The number of anilines is 1. The maximum absolute atomic E-state index is 14.2. The van der Waals surface area contributed by atoms with E-state index in [1.807, 2.05) is 12.1 Å². The van der Waals surface area contributed by atoms with Gasteiger partial charge in [0.15, 0.2) is 0 Å². The van der Waals surface area contributed by atoms with E-state index < -0.39 is 6.17 Å². The highest BCUT2D eigenvalue weighted by Crippen LogP contribution is 2.40. The lowest BCUT2D eigenvalue weighted by molar-refractivity contribution is 0.273. The number of allylic oxidation sites excluding steroid dienone is 2. The smallest absolute Gasteiger partial charge is 0.134 e. The number of alkyl halides is 1. The first-order chi connectivity index (χ1) is 16.1. The van der Waals surface area contributed by atoms with Crippen molar-refractivity contribution in [2.24, 2.45) is 0 Å². The third-order valence-corrected chi connectivity index (χ3v) is 7.37. The lowest BCUT2D eigenvalue weighted by atomic mass is 9.96. The van der Waals surface area contributed by atoms with Gasteiger partial charge in [0.05, 0.1) is 23.7 Å². The minimum absolute atomic E-state index is 0.175. The molecule has 3 atom stereocenters. The molecule has 33 heavy (non-hydrogen) atoms.